The summed E-state index contributed by atoms with van der Waals surface area (Å²) in [5, 5.41) is 28.9. The van der Waals surface area contributed by atoms with Crippen LogP contribution in [0.25, 0.3) is 0 Å². The molecule has 1 atom stereocenters. The molecule has 83 valence electrons. The van der Waals surface area contributed by atoms with Crippen molar-refractivity contribution >= 4 is 11.9 Å². The van der Waals surface area contributed by atoms with Gasteiger partial charge in [-0.3, -0.25) is 4.90 Å². The van der Waals surface area contributed by atoms with Crippen LogP contribution < -0.4 is 16.4 Å². The van der Waals surface area contributed by atoms with Crippen LogP contribution >= 0.6 is 0 Å². The van der Waals surface area contributed by atoms with Gasteiger partial charge < -0.3 is 31.1 Å². The fourth-order valence-corrected chi connectivity index (χ4v) is 0.652. The van der Waals surface area contributed by atoms with Gasteiger partial charge in [0, 0.05) is 13.1 Å². The first kappa shape index (κ1) is 19.0. The van der Waals surface area contributed by atoms with E-state index in [2.05, 4.69) is 0 Å². The number of aliphatic carboxylic acids is 2. The first-order valence-corrected chi connectivity index (χ1v) is 3.25. The van der Waals surface area contributed by atoms with E-state index >= 15 is 0 Å². The number of rotatable bonds is 5. The van der Waals surface area contributed by atoms with Gasteiger partial charge in [-0.15, -0.1) is 0 Å². The molecule has 0 bridgehead atoms. The molecule has 0 rings (SSSR count). The summed E-state index contributed by atoms with van der Waals surface area (Å²) in [6, 6.07) is 0. The molecule has 0 amide bonds. The number of nitrogens with zero attached hydrogens (tertiary/aromatic N) is 1. The molecule has 5 N–H and O–H groups in total. The molecule has 0 aromatic carbocycles. The third-order valence-electron chi connectivity index (χ3n) is 1.19. The quantitative estimate of drug-likeness (QED) is 0.382. The fourth-order valence-electron chi connectivity index (χ4n) is 0.652. The van der Waals surface area contributed by atoms with E-state index in [4.69, 9.17) is 5.11 Å². The van der Waals surface area contributed by atoms with E-state index in [1.807, 2.05) is 0 Å². The van der Waals surface area contributed by atoms with Crippen LogP contribution in [0, 0.1) is 0 Å². The van der Waals surface area contributed by atoms with E-state index in [9.17, 15) is 19.8 Å². The second-order valence-electron chi connectivity index (χ2n) is 2.28. The normalized spacial score (nSPS) is 11.1. The molecule has 0 heterocycles. The van der Waals surface area contributed by atoms with Gasteiger partial charge in [0.25, 0.3) is 0 Å². The zero-order chi connectivity index (χ0) is 9.72. The zero-order valence-electron chi connectivity index (χ0n) is 7.87. The van der Waals surface area contributed by atoms with Crippen molar-refractivity contribution in [3.05, 3.63) is 0 Å². The number of carboxylic acid groups (broad SMARTS) is 2. The Morgan fingerprint density at radius 3 is 1.71 bits per heavy atom. The van der Waals surface area contributed by atoms with Crippen molar-refractivity contribution in [2.45, 2.75) is 13.2 Å². The molecule has 7 nitrogen and oxygen atoms in total. The van der Waals surface area contributed by atoms with Crippen molar-refractivity contribution in [1.82, 2.24) is 11.1 Å². The minimum absolute atomic E-state index is 0. The van der Waals surface area contributed by atoms with E-state index in [0.29, 0.717) is 0 Å². The molecule has 1 unspecified atom stereocenters. The SMILES string of the molecule is CC(O)N(CC(=O)[O-])CC(=O)[O-].[Fe+3].[NH4+]. The maximum Gasteiger partial charge on any atom is 3.00 e. The molecule has 1 radical (unpaired) electrons. The van der Waals surface area contributed by atoms with Crippen molar-refractivity contribution in [3.8, 4) is 0 Å². The van der Waals surface area contributed by atoms with Gasteiger partial charge in [-0.05, 0) is 6.92 Å². The monoisotopic (exact) mass is 249 g/mol. The Bertz CT molecular complexity index is 171. The summed E-state index contributed by atoms with van der Waals surface area (Å²) in [5.41, 5.74) is 0. The van der Waals surface area contributed by atoms with Crippen LogP contribution in [0.15, 0.2) is 0 Å². The third-order valence-corrected chi connectivity index (χ3v) is 1.19. The van der Waals surface area contributed by atoms with E-state index in [1.165, 1.54) is 6.92 Å². The number of carbonyl (C=O) groups is 2. The summed E-state index contributed by atoms with van der Waals surface area (Å²) < 4.78 is 0. The molecule has 0 fully saturated rings. The average Bonchev–Trinajstić information content (AvgIpc) is 1.83. The largest absolute Gasteiger partial charge is 3.00 e. The van der Waals surface area contributed by atoms with E-state index in [0.717, 1.165) is 4.90 Å². The van der Waals surface area contributed by atoms with Gasteiger partial charge in [-0.25, -0.2) is 0 Å². The molecule has 8 heteroatoms. The van der Waals surface area contributed by atoms with Crippen LogP contribution in [0.3, 0.4) is 0 Å². The van der Waals surface area contributed by atoms with Crippen LogP contribution in [0.2, 0.25) is 0 Å². The summed E-state index contributed by atoms with van der Waals surface area (Å²) >= 11 is 0. The van der Waals surface area contributed by atoms with Crippen molar-refractivity contribution in [3.63, 3.8) is 0 Å². The van der Waals surface area contributed by atoms with Crippen LogP contribution in [0.4, 0.5) is 0 Å². The molecule has 0 aromatic rings. The molecule has 14 heavy (non-hydrogen) atoms. The van der Waals surface area contributed by atoms with Gasteiger partial charge in [0.05, 0.1) is 11.9 Å². The van der Waals surface area contributed by atoms with E-state index < -0.39 is 31.3 Å². The number of aliphatic hydroxyl groups is 1. The Hall–Kier alpha value is -0.661. The minimum Gasteiger partial charge on any atom is -0.549 e. The molecule has 0 saturated heterocycles. The van der Waals surface area contributed by atoms with Gasteiger partial charge in [-0.1, -0.05) is 0 Å². The Kier molecular flexibility index (Phi) is 12.1. The second kappa shape index (κ2) is 8.92. The van der Waals surface area contributed by atoms with Crippen molar-refractivity contribution in [2.24, 2.45) is 0 Å². The molecule has 0 aliphatic carbocycles. The van der Waals surface area contributed by atoms with Crippen LogP contribution in [0.5, 0.6) is 0 Å². The molecular formula is C6H13FeN2O5+2. The summed E-state index contributed by atoms with van der Waals surface area (Å²) in [5.74, 6) is -2.89. The number of carboxylic acids is 2. The van der Waals surface area contributed by atoms with E-state index in [1.54, 1.807) is 0 Å². The maximum absolute atomic E-state index is 10.0. The number of hydrogen-bond acceptors (Lipinski definition) is 6. The average molecular weight is 249 g/mol. The molecule has 0 saturated carbocycles. The Labute approximate surface area is 91.8 Å². The van der Waals surface area contributed by atoms with Gasteiger partial charge in [0.2, 0.25) is 0 Å². The van der Waals surface area contributed by atoms with Crippen molar-refractivity contribution in [1.29, 1.82) is 0 Å². The van der Waals surface area contributed by atoms with E-state index in [-0.39, 0.29) is 23.2 Å². The summed E-state index contributed by atoms with van der Waals surface area (Å²) in [6.45, 7) is -0.0107. The minimum atomic E-state index is -1.45. The number of hydrogen-bond donors (Lipinski definition) is 2. The predicted octanol–water partition coefficient (Wildman–Crippen LogP) is -3.50. The van der Waals surface area contributed by atoms with Crippen LogP contribution in [-0.2, 0) is 26.7 Å². The number of carbonyl (C=O) groups excluding carboxylic acids is 2. The second-order valence-corrected chi connectivity index (χ2v) is 2.28. The zero-order valence-corrected chi connectivity index (χ0v) is 8.98. The number of aliphatic hydroxyl groups excluding tert-OH is 1. The Morgan fingerprint density at radius 1 is 1.29 bits per heavy atom. The van der Waals surface area contributed by atoms with Gasteiger partial charge in [0.15, 0.2) is 0 Å². The van der Waals surface area contributed by atoms with Gasteiger partial charge >= 0.3 is 17.1 Å². The van der Waals surface area contributed by atoms with Crippen molar-refractivity contribution in [2.75, 3.05) is 13.1 Å². The first-order chi connectivity index (χ1) is 5.43. The summed E-state index contributed by atoms with van der Waals surface area (Å²) in [7, 11) is 0. The van der Waals surface area contributed by atoms with Crippen molar-refractivity contribution < 1.29 is 42.0 Å². The molecule has 0 aliphatic heterocycles. The van der Waals surface area contributed by atoms with Crippen LogP contribution in [0.1, 0.15) is 6.92 Å². The molecular weight excluding hydrogens is 236 g/mol. The predicted molar refractivity (Wildman–Crippen MR) is 39.3 cm³/mol. The summed E-state index contributed by atoms with van der Waals surface area (Å²) in [6.07, 6.45) is -1.15. The summed E-state index contributed by atoms with van der Waals surface area (Å²) in [4.78, 5) is 20.8. The third kappa shape index (κ3) is 9.43. The van der Waals surface area contributed by atoms with Gasteiger partial charge in [0.1, 0.15) is 6.23 Å². The Morgan fingerprint density at radius 2 is 1.57 bits per heavy atom. The number of quaternary nitrogens is 1. The fraction of sp³-hybridized carbons (Fsp3) is 0.667. The molecule has 0 aliphatic rings. The topological polar surface area (TPSA) is 140 Å². The first-order valence-electron chi connectivity index (χ1n) is 3.25. The standard InChI is InChI=1S/C6H11NO5.Fe.H3N/c1-4(8)7(2-5(9)10)3-6(11)12;;/h4,8H,2-3H2,1H3,(H,9,10)(H,11,12);;1H3/q;+3;/p-1. The van der Waals surface area contributed by atoms with Gasteiger partial charge in [-0.2, -0.15) is 0 Å². The molecule has 0 aromatic heterocycles. The smallest absolute Gasteiger partial charge is 0.549 e. The van der Waals surface area contributed by atoms with Crippen LogP contribution in [-0.4, -0.2) is 41.3 Å². The Balaban J connectivity index is -0.000000605. The maximum atomic E-state index is 10.0. The molecule has 0 spiro atoms.